The summed E-state index contributed by atoms with van der Waals surface area (Å²) < 4.78 is 6.76. The Morgan fingerprint density at radius 2 is 2.15 bits per heavy atom. The lowest BCUT2D eigenvalue weighted by Gasteiger charge is -2.45. The monoisotopic (exact) mass is 277 g/mol. The molecule has 0 aromatic carbocycles. The SMILES string of the molecule is COCCn1cc(NC2CN3CCC2CC3)ccc1=O. The van der Waals surface area contributed by atoms with E-state index in [0.717, 1.165) is 18.2 Å². The fraction of sp³-hybridized carbons (Fsp3) is 0.667. The Labute approximate surface area is 119 Å². The van der Waals surface area contributed by atoms with Crippen molar-refractivity contribution in [2.75, 3.05) is 38.7 Å². The maximum absolute atomic E-state index is 11.8. The Balaban J connectivity index is 1.69. The highest BCUT2D eigenvalue weighted by atomic mass is 16.5. The number of rotatable bonds is 5. The fourth-order valence-corrected chi connectivity index (χ4v) is 3.32. The minimum Gasteiger partial charge on any atom is -0.383 e. The highest BCUT2D eigenvalue weighted by Crippen LogP contribution is 2.29. The van der Waals surface area contributed by atoms with Gasteiger partial charge in [-0.1, -0.05) is 0 Å². The summed E-state index contributed by atoms with van der Waals surface area (Å²) in [7, 11) is 1.65. The lowest BCUT2D eigenvalue weighted by atomic mass is 9.84. The first-order valence-corrected chi connectivity index (χ1v) is 7.44. The molecule has 1 aromatic rings. The quantitative estimate of drug-likeness (QED) is 0.872. The summed E-state index contributed by atoms with van der Waals surface area (Å²) in [6.07, 6.45) is 4.50. The van der Waals surface area contributed by atoms with Crippen molar-refractivity contribution in [1.82, 2.24) is 9.47 Å². The summed E-state index contributed by atoms with van der Waals surface area (Å²) >= 11 is 0. The molecule has 0 aliphatic carbocycles. The van der Waals surface area contributed by atoms with Crippen molar-refractivity contribution in [3.05, 3.63) is 28.7 Å². The third kappa shape index (κ3) is 2.88. The van der Waals surface area contributed by atoms with Crippen LogP contribution in [0.5, 0.6) is 0 Å². The van der Waals surface area contributed by atoms with Crippen molar-refractivity contribution < 1.29 is 4.74 Å². The summed E-state index contributed by atoms with van der Waals surface area (Å²) in [5.74, 6) is 0.777. The molecule has 0 spiro atoms. The molecule has 3 aliphatic rings. The molecule has 1 aromatic heterocycles. The zero-order chi connectivity index (χ0) is 13.9. The number of hydrogen-bond acceptors (Lipinski definition) is 4. The second-order valence-corrected chi connectivity index (χ2v) is 5.83. The minimum absolute atomic E-state index is 0.0292. The highest BCUT2D eigenvalue weighted by Gasteiger charge is 2.33. The van der Waals surface area contributed by atoms with Crippen molar-refractivity contribution in [2.45, 2.75) is 25.4 Å². The predicted molar refractivity (Wildman–Crippen MR) is 79.2 cm³/mol. The number of fused-ring (bicyclic) bond motifs is 3. The normalized spacial score (nSPS) is 28.6. The second kappa shape index (κ2) is 5.97. The van der Waals surface area contributed by atoms with Gasteiger partial charge in [-0.3, -0.25) is 4.79 Å². The van der Waals surface area contributed by atoms with Gasteiger partial charge in [0, 0.05) is 38.5 Å². The number of aromatic nitrogens is 1. The van der Waals surface area contributed by atoms with Crippen molar-refractivity contribution in [3.8, 4) is 0 Å². The van der Waals surface area contributed by atoms with Crippen LogP contribution < -0.4 is 10.9 Å². The number of hydrogen-bond donors (Lipinski definition) is 1. The number of anilines is 1. The van der Waals surface area contributed by atoms with Gasteiger partial charge in [-0.15, -0.1) is 0 Å². The first kappa shape index (κ1) is 13.6. The Morgan fingerprint density at radius 1 is 1.35 bits per heavy atom. The summed E-state index contributed by atoms with van der Waals surface area (Å²) in [4.78, 5) is 14.3. The molecule has 0 radical (unpaired) electrons. The predicted octanol–water partition coefficient (Wildman–Crippen LogP) is 1.00. The summed E-state index contributed by atoms with van der Waals surface area (Å²) in [5.41, 5.74) is 1.07. The number of nitrogens with one attached hydrogen (secondary N) is 1. The van der Waals surface area contributed by atoms with Crippen LogP contribution in [-0.4, -0.2) is 48.9 Å². The van der Waals surface area contributed by atoms with Gasteiger partial charge in [0.2, 0.25) is 0 Å². The molecule has 1 unspecified atom stereocenters. The number of pyridine rings is 1. The highest BCUT2D eigenvalue weighted by molar-refractivity contribution is 5.42. The van der Waals surface area contributed by atoms with E-state index in [9.17, 15) is 4.79 Å². The third-order valence-electron chi connectivity index (χ3n) is 4.53. The maximum atomic E-state index is 11.8. The number of piperidine rings is 3. The Hall–Kier alpha value is -1.33. The fourth-order valence-electron chi connectivity index (χ4n) is 3.32. The van der Waals surface area contributed by atoms with E-state index in [1.807, 2.05) is 12.3 Å². The average Bonchev–Trinajstić information content (AvgIpc) is 2.49. The van der Waals surface area contributed by atoms with Crippen molar-refractivity contribution in [1.29, 1.82) is 0 Å². The van der Waals surface area contributed by atoms with Gasteiger partial charge in [0.15, 0.2) is 0 Å². The summed E-state index contributed by atoms with van der Waals surface area (Å²) in [6.45, 7) is 4.78. The van der Waals surface area contributed by atoms with E-state index in [1.54, 1.807) is 17.7 Å². The van der Waals surface area contributed by atoms with Gasteiger partial charge in [0.1, 0.15) is 0 Å². The molecule has 1 N–H and O–H groups in total. The van der Waals surface area contributed by atoms with E-state index < -0.39 is 0 Å². The Morgan fingerprint density at radius 3 is 2.80 bits per heavy atom. The van der Waals surface area contributed by atoms with Gasteiger partial charge in [-0.2, -0.15) is 0 Å². The van der Waals surface area contributed by atoms with Crippen LogP contribution in [0.3, 0.4) is 0 Å². The molecule has 110 valence electrons. The molecule has 0 saturated carbocycles. The zero-order valence-electron chi connectivity index (χ0n) is 12.0. The van der Waals surface area contributed by atoms with Crippen LogP contribution in [0, 0.1) is 5.92 Å². The number of nitrogens with zero attached hydrogens (tertiary/aromatic N) is 2. The van der Waals surface area contributed by atoms with E-state index in [1.165, 1.54) is 25.9 Å². The topological polar surface area (TPSA) is 46.5 Å². The molecular formula is C15H23N3O2. The van der Waals surface area contributed by atoms with E-state index in [0.29, 0.717) is 19.2 Å². The van der Waals surface area contributed by atoms with Gasteiger partial charge in [-0.05, 0) is 37.9 Å². The van der Waals surface area contributed by atoms with E-state index in [-0.39, 0.29) is 5.56 Å². The van der Waals surface area contributed by atoms with E-state index in [2.05, 4.69) is 10.2 Å². The number of ether oxygens (including phenoxy) is 1. The lowest BCUT2D eigenvalue weighted by Crippen LogP contribution is -2.53. The average molecular weight is 277 g/mol. The molecule has 1 atom stereocenters. The Kier molecular flexibility index (Phi) is 4.08. The standard InChI is InChI=1S/C15H23N3O2/c1-20-9-8-18-10-13(2-3-15(18)19)16-14-11-17-6-4-12(14)5-7-17/h2-3,10,12,14,16H,4-9,11H2,1H3. The van der Waals surface area contributed by atoms with Crippen molar-refractivity contribution in [3.63, 3.8) is 0 Å². The molecule has 3 fully saturated rings. The third-order valence-corrected chi connectivity index (χ3v) is 4.53. The van der Waals surface area contributed by atoms with Crippen molar-refractivity contribution in [2.24, 2.45) is 5.92 Å². The largest absolute Gasteiger partial charge is 0.383 e. The molecule has 3 saturated heterocycles. The van der Waals surface area contributed by atoms with Crippen LogP contribution in [0.25, 0.3) is 0 Å². The Bertz CT molecular complexity index is 506. The maximum Gasteiger partial charge on any atom is 0.250 e. The first-order valence-electron chi connectivity index (χ1n) is 7.44. The molecular weight excluding hydrogens is 254 g/mol. The van der Waals surface area contributed by atoms with Gasteiger partial charge < -0.3 is 19.5 Å². The van der Waals surface area contributed by atoms with E-state index >= 15 is 0 Å². The van der Waals surface area contributed by atoms with Gasteiger partial charge in [0.05, 0.1) is 12.3 Å². The van der Waals surface area contributed by atoms with Gasteiger partial charge in [-0.25, -0.2) is 0 Å². The number of methoxy groups -OCH3 is 1. The summed E-state index contributed by atoms with van der Waals surface area (Å²) in [5, 5.41) is 3.61. The molecule has 5 nitrogen and oxygen atoms in total. The molecule has 5 heteroatoms. The minimum atomic E-state index is 0.0292. The molecule has 0 amide bonds. The lowest BCUT2D eigenvalue weighted by molar-refractivity contribution is 0.0975. The van der Waals surface area contributed by atoms with Crippen LogP contribution in [0.4, 0.5) is 5.69 Å². The second-order valence-electron chi connectivity index (χ2n) is 5.83. The van der Waals surface area contributed by atoms with Crippen LogP contribution in [0.2, 0.25) is 0 Å². The summed E-state index contributed by atoms with van der Waals surface area (Å²) in [6, 6.07) is 4.05. The van der Waals surface area contributed by atoms with Crippen LogP contribution >= 0.6 is 0 Å². The molecule has 2 bridgehead atoms. The smallest absolute Gasteiger partial charge is 0.250 e. The van der Waals surface area contributed by atoms with E-state index in [4.69, 9.17) is 4.74 Å². The molecule has 4 heterocycles. The van der Waals surface area contributed by atoms with Gasteiger partial charge >= 0.3 is 0 Å². The van der Waals surface area contributed by atoms with Crippen LogP contribution in [0.15, 0.2) is 23.1 Å². The molecule has 20 heavy (non-hydrogen) atoms. The first-order chi connectivity index (χ1) is 9.76. The van der Waals surface area contributed by atoms with Gasteiger partial charge in [0.25, 0.3) is 5.56 Å². The van der Waals surface area contributed by atoms with Crippen LogP contribution in [0.1, 0.15) is 12.8 Å². The zero-order valence-corrected chi connectivity index (χ0v) is 12.0. The van der Waals surface area contributed by atoms with Crippen LogP contribution in [-0.2, 0) is 11.3 Å². The van der Waals surface area contributed by atoms with Crippen molar-refractivity contribution >= 4 is 5.69 Å². The molecule has 3 aliphatic heterocycles. The molecule has 4 rings (SSSR count).